The highest BCUT2D eigenvalue weighted by Crippen LogP contribution is 2.30. The van der Waals surface area contributed by atoms with Crippen LogP contribution in [0.15, 0.2) is 65.6 Å². The molecule has 0 heterocycles. The van der Waals surface area contributed by atoms with Gasteiger partial charge in [-0.15, -0.1) is 0 Å². The number of carbonyl (C=O) groups is 1. The van der Waals surface area contributed by atoms with Gasteiger partial charge in [0.2, 0.25) is 10.0 Å². The molecule has 0 radical (unpaired) electrons. The van der Waals surface area contributed by atoms with Gasteiger partial charge in [-0.1, -0.05) is 36.4 Å². The minimum Gasteiger partial charge on any atom is -0.508 e. The predicted octanol–water partition coefficient (Wildman–Crippen LogP) is 2.59. The molecule has 8 heteroatoms. The molecule has 0 unspecified atom stereocenters. The summed E-state index contributed by atoms with van der Waals surface area (Å²) < 4.78 is 28.4. The number of aromatic hydroxyl groups is 1. The van der Waals surface area contributed by atoms with Crippen molar-refractivity contribution in [3.8, 4) is 5.75 Å². The molecule has 29 heavy (non-hydrogen) atoms. The molecule has 1 atom stereocenters. The lowest BCUT2D eigenvalue weighted by atomic mass is 10.1. The maximum atomic E-state index is 13.1. The molecule has 7 nitrogen and oxygen atoms in total. The first-order valence-corrected chi connectivity index (χ1v) is 10.4. The van der Waals surface area contributed by atoms with E-state index >= 15 is 0 Å². The van der Waals surface area contributed by atoms with Gasteiger partial charge in [-0.3, -0.25) is 4.79 Å². The first kappa shape index (κ1) is 20.6. The van der Waals surface area contributed by atoms with Crippen molar-refractivity contribution >= 4 is 32.5 Å². The maximum absolute atomic E-state index is 13.1. The largest absolute Gasteiger partial charge is 0.508 e. The molecule has 0 aromatic heterocycles. The van der Waals surface area contributed by atoms with E-state index in [1.165, 1.54) is 18.2 Å². The van der Waals surface area contributed by atoms with Gasteiger partial charge < -0.3 is 15.1 Å². The van der Waals surface area contributed by atoms with E-state index in [0.29, 0.717) is 10.9 Å². The lowest BCUT2D eigenvalue weighted by Crippen LogP contribution is -2.42. The molecule has 0 saturated heterocycles. The number of aliphatic carboxylic acids is 1. The number of hydrogen-bond acceptors (Lipinski definition) is 5. The quantitative estimate of drug-likeness (QED) is 0.549. The zero-order chi connectivity index (χ0) is 21.2. The second-order valence-electron chi connectivity index (χ2n) is 6.91. The van der Waals surface area contributed by atoms with E-state index in [-0.39, 0.29) is 17.1 Å². The molecule has 0 spiro atoms. The Morgan fingerprint density at radius 2 is 1.62 bits per heavy atom. The van der Waals surface area contributed by atoms with E-state index in [1.54, 1.807) is 30.3 Å². The molecule has 0 aliphatic rings. The Hall–Kier alpha value is -3.10. The second kappa shape index (κ2) is 8.10. The van der Waals surface area contributed by atoms with Crippen molar-refractivity contribution in [1.29, 1.82) is 0 Å². The van der Waals surface area contributed by atoms with Gasteiger partial charge in [0, 0.05) is 30.6 Å². The van der Waals surface area contributed by atoms with Crippen LogP contribution in [0.25, 0.3) is 10.8 Å². The van der Waals surface area contributed by atoms with Crippen molar-refractivity contribution < 1.29 is 23.4 Å². The summed E-state index contributed by atoms with van der Waals surface area (Å²) in [6.45, 7) is 0. The van der Waals surface area contributed by atoms with Crippen LogP contribution in [0.5, 0.6) is 5.75 Å². The van der Waals surface area contributed by atoms with Crippen molar-refractivity contribution in [1.82, 2.24) is 4.72 Å². The first-order valence-electron chi connectivity index (χ1n) is 8.91. The number of benzene rings is 3. The van der Waals surface area contributed by atoms with Crippen LogP contribution in [0.1, 0.15) is 5.56 Å². The van der Waals surface area contributed by atoms with E-state index in [1.807, 2.05) is 31.1 Å². The van der Waals surface area contributed by atoms with Crippen LogP contribution in [0, 0.1) is 0 Å². The SMILES string of the molecule is CN(C)c1cccc2c(S(=O)(=O)N[C@@H](Cc3ccc(O)cc3)C(=O)O)cccc12. The number of anilines is 1. The third kappa shape index (κ3) is 4.49. The van der Waals surface area contributed by atoms with Crippen LogP contribution in [0.4, 0.5) is 5.69 Å². The number of nitrogens with zero attached hydrogens (tertiary/aromatic N) is 1. The molecular weight excluding hydrogens is 392 g/mol. The summed E-state index contributed by atoms with van der Waals surface area (Å²) >= 11 is 0. The Bertz CT molecular complexity index is 1140. The molecular formula is C21H22N2O5S. The molecule has 0 aliphatic carbocycles. The van der Waals surface area contributed by atoms with E-state index in [0.717, 1.165) is 11.1 Å². The number of phenolic OH excluding ortho intramolecular Hbond substituents is 1. The Morgan fingerprint density at radius 1 is 1.00 bits per heavy atom. The fourth-order valence-electron chi connectivity index (χ4n) is 3.19. The average Bonchev–Trinajstić information content (AvgIpc) is 2.67. The van der Waals surface area contributed by atoms with Gasteiger partial charge in [0.05, 0.1) is 4.90 Å². The molecule has 0 bridgehead atoms. The van der Waals surface area contributed by atoms with E-state index < -0.39 is 22.0 Å². The van der Waals surface area contributed by atoms with E-state index in [2.05, 4.69) is 4.72 Å². The molecule has 152 valence electrons. The van der Waals surface area contributed by atoms with E-state index in [4.69, 9.17) is 0 Å². The average molecular weight is 414 g/mol. The normalized spacial score (nSPS) is 12.6. The Kier molecular flexibility index (Phi) is 5.76. The lowest BCUT2D eigenvalue weighted by Gasteiger charge is -2.19. The van der Waals surface area contributed by atoms with Crippen molar-refractivity contribution in [3.63, 3.8) is 0 Å². The molecule has 3 rings (SSSR count). The summed E-state index contributed by atoms with van der Waals surface area (Å²) in [4.78, 5) is 13.6. The van der Waals surface area contributed by atoms with Crippen LogP contribution in [0.3, 0.4) is 0 Å². The number of carboxylic acid groups (broad SMARTS) is 1. The number of hydrogen-bond donors (Lipinski definition) is 3. The summed E-state index contributed by atoms with van der Waals surface area (Å²) in [5.74, 6) is -1.23. The Morgan fingerprint density at radius 3 is 2.24 bits per heavy atom. The number of carboxylic acids is 1. The summed E-state index contributed by atoms with van der Waals surface area (Å²) in [6.07, 6.45) is -0.0530. The molecule has 3 aromatic rings. The van der Waals surface area contributed by atoms with Gasteiger partial charge in [-0.2, -0.15) is 4.72 Å². The topological polar surface area (TPSA) is 107 Å². The third-order valence-corrected chi connectivity index (χ3v) is 6.13. The van der Waals surface area contributed by atoms with Crippen LogP contribution in [0.2, 0.25) is 0 Å². The second-order valence-corrected chi connectivity index (χ2v) is 8.59. The highest BCUT2D eigenvalue weighted by molar-refractivity contribution is 7.89. The van der Waals surface area contributed by atoms with Crippen LogP contribution < -0.4 is 9.62 Å². The zero-order valence-corrected chi connectivity index (χ0v) is 16.8. The molecule has 3 aromatic carbocycles. The van der Waals surface area contributed by atoms with Gasteiger partial charge in [-0.25, -0.2) is 8.42 Å². The van der Waals surface area contributed by atoms with Gasteiger partial charge in [0.15, 0.2) is 0 Å². The molecule has 0 aliphatic heterocycles. The monoisotopic (exact) mass is 414 g/mol. The summed E-state index contributed by atoms with van der Waals surface area (Å²) in [5.41, 5.74) is 1.45. The number of rotatable bonds is 7. The standard InChI is InChI=1S/C21H22N2O5S/c1-23(2)19-7-3-6-17-16(19)5-4-8-20(17)29(27,28)22-18(21(25)26)13-14-9-11-15(24)12-10-14/h3-12,18,22,24H,13H2,1-2H3,(H,25,26)/t18-/m0/s1. The molecule has 0 fully saturated rings. The predicted molar refractivity (Wildman–Crippen MR) is 112 cm³/mol. The fraction of sp³-hybridized carbons (Fsp3) is 0.190. The van der Waals surface area contributed by atoms with E-state index in [9.17, 15) is 23.4 Å². The Labute approximate surface area is 169 Å². The fourth-order valence-corrected chi connectivity index (χ4v) is 4.60. The first-order chi connectivity index (χ1) is 13.7. The van der Waals surface area contributed by atoms with Crippen LogP contribution >= 0.6 is 0 Å². The van der Waals surface area contributed by atoms with Crippen molar-refractivity contribution in [2.24, 2.45) is 0 Å². The molecule has 3 N–H and O–H groups in total. The number of nitrogens with one attached hydrogen (secondary N) is 1. The van der Waals surface area contributed by atoms with Crippen LogP contribution in [-0.2, 0) is 21.2 Å². The summed E-state index contributed by atoms with van der Waals surface area (Å²) in [5, 5.41) is 20.2. The minimum absolute atomic E-state index is 0.0238. The van der Waals surface area contributed by atoms with Gasteiger partial charge in [-0.05, 0) is 36.2 Å². The zero-order valence-electron chi connectivity index (χ0n) is 16.0. The summed E-state index contributed by atoms with van der Waals surface area (Å²) in [7, 11) is -0.366. The number of phenols is 1. The number of fused-ring (bicyclic) bond motifs is 1. The smallest absolute Gasteiger partial charge is 0.322 e. The number of sulfonamides is 1. The highest BCUT2D eigenvalue weighted by atomic mass is 32.2. The maximum Gasteiger partial charge on any atom is 0.322 e. The van der Waals surface area contributed by atoms with Crippen LogP contribution in [-0.4, -0.2) is 44.7 Å². The van der Waals surface area contributed by atoms with Crippen molar-refractivity contribution in [2.75, 3.05) is 19.0 Å². The third-order valence-electron chi connectivity index (χ3n) is 4.60. The molecule has 0 amide bonds. The van der Waals surface area contributed by atoms with Crippen molar-refractivity contribution in [3.05, 3.63) is 66.2 Å². The highest BCUT2D eigenvalue weighted by Gasteiger charge is 2.27. The minimum atomic E-state index is -4.10. The van der Waals surface area contributed by atoms with Crippen molar-refractivity contribution in [2.45, 2.75) is 17.4 Å². The van der Waals surface area contributed by atoms with Gasteiger partial charge in [0.25, 0.3) is 0 Å². The Balaban J connectivity index is 1.98. The van der Waals surface area contributed by atoms with Gasteiger partial charge in [0.1, 0.15) is 11.8 Å². The molecule has 0 saturated carbocycles. The summed E-state index contributed by atoms with van der Waals surface area (Å²) in [6, 6.07) is 14.9. The van der Waals surface area contributed by atoms with Gasteiger partial charge >= 0.3 is 5.97 Å². The lowest BCUT2D eigenvalue weighted by molar-refractivity contribution is -0.138.